The zero-order chi connectivity index (χ0) is 14.3. The van der Waals surface area contributed by atoms with Gasteiger partial charge in [0.2, 0.25) is 0 Å². The van der Waals surface area contributed by atoms with Gasteiger partial charge in [-0.05, 0) is 37.5 Å². The van der Waals surface area contributed by atoms with Gasteiger partial charge in [0.1, 0.15) is 0 Å². The van der Waals surface area contributed by atoms with Gasteiger partial charge in [0, 0.05) is 21.6 Å². The van der Waals surface area contributed by atoms with Crippen LogP contribution in [0.5, 0.6) is 0 Å². The van der Waals surface area contributed by atoms with Crippen LogP contribution < -0.4 is 5.32 Å². The van der Waals surface area contributed by atoms with Crippen molar-refractivity contribution in [1.29, 1.82) is 0 Å². The van der Waals surface area contributed by atoms with Crippen molar-refractivity contribution in [1.82, 2.24) is 5.32 Å². The minimum absolute atomic E-state index is 0.300. The van der Waals surface area contributed by atoms with E-state index in [9.17, 15) is 0 Å². The highest BCUT2D eigenvalue weighted by Crippen LogP contribution is 2.27. The quantitative estimate of drug-likeness (QED) is 0.598. The first-order chi connectivity index (χ1) is 9.08. The van der Waals surface area contributed by atoms with Gasteiger partial charge in [0.05, 0.1) is 0 Å². The predicted octanol–water partition coefficient (Wildman–Crippen LogP) is 6.11. The molecule has 1 N–H and O–H groups in total. The first-order valence-electron chi connectivity index (χ1n) is 7.29. The molecular formula is C16H25BrClN. The van der Waals surface area contributed by atoms with Gasteiger partial charge >= 0.3 is 0 Å². The Morgan fingerprint density at radius 3 is 2.53 bits per heavy atom. The zero-order valence-electron chi connectivity index (χ0n) is 12.2. The molecule has 3 heteroatoms. The summed E-state index contributed by atoms with van der Waals surface area (Å²) in [6, 6.07) is 7.03. The molecule has 0 heterocycles. The largest absolute Gasteiger partial charge is 0.307 e. The number of unbranched alkanes of at least 4 members (excludes halogenated alkanes) is 1. The Morgan fingerprint density at radius 1 is 1.21 bits per heavy atom. The van der Waals surface area contributed by atoms with Crippen LogP contribution in [0.15, 0.2) is 22.7 Å². The van der Waals surface area contributed by atoms with Crippen LogP contribution in [0, 0.1) is 0 Å². The van der Waals surface area contributed by atoms with Gasteiger partial charge in [-0.2, -0.15) is 0 Å². The van der Waals surface area contributed by atoms with Crippen LogP contribution in [-0.2, 0) is 0 Å². The standard InChI is InChI=1S/C16H25BrClN/c1-4-6-8-14(7-5-2)19-12(3)15-10-9-13(17)11-16(15)18/h9-12,14,19H,4-8H2,1-3H3. The summed E-state index contributed by atoms with van der Waals surface area (Å²) in [5.41, 5.74) is 1.18. The Hall–Kier alpha value is -0.0500. The molecule has 0 bridgehead atoms. The van der Waals surface area contributed by atoms with Crippen molar-refractivity contribution in [3.63, 3.8) is 0 Å². The first kappa shape index (κ1) is 17.0. The maximum absolute atomic E-state index is 6.32. The van der Waals surface area contributed by atoms with E-state index in [4.69, 9.17) is 11.6 Å². The van der Waals surface area contributed by atoms with E-state index < -0.39 is 0 Å². The Kier molecular flexibility index (Phi) is 8.05. The molecule has 2 unspecified atom stereocenters. The summed E-state index contributed by atoms with van der Waals surface area (Å²) in [4.78, 5) is 0. The SMILES string of the molecule is CCCCC(CCC)NC(C)c1ccc(Br)cc1Cl. The number of hydrogen-bond acceptors (Lipinski definition) is 1. The molecule has 0 fully saturated rings. The minimum Gasteiger partial charge on any atom is -0.307 e. The van der Waals surface area contributed by atoms with Gasteiger partial charge in [0.15, 0.2) is 0 Å². The van der Waals surface area contributed by atoms with Gasteiger partial charge in [-0.25, -0.2) is 0 Å². The normalized spacial score (nSPS) is 14.4. The van der Waals surface area contributed by atoms with Gasteiger partial charge in [-0.15, -0.1) is 0 Å². The highest BCUT2D eigenvalue weighted by atomic mass is 79.9. The van der Waals surface area contributed by atoms with E-state index in [1.54, 1.807) is 0 Å². The lowest BCUT2D eigenvalue weighted by Gasteiger charge is -2.24. The van der Waals surface area contributed by atoms with Gasteiger partial charge in [-0.3, -0.25) is 0 Å². The van der Waals surface area contributed by atoms with Gasteiger partial charge < -0.3 is 5.32 Å². The van der Waals surface area contributed by atoms with Gasteiger partial charge in [0.25, 0.3) is 0 Å². The molecule has 2 atom stereocenters. The number of hydrogen-bond donors (Lipinski definition) is 1. The van der Waals surface area contributed by atoms with E-state index in [1.165, 1.54) is 37.7 Å². The monoisotopic (exact) mass is 345 g/mol. The maximum Gasteiger partial charge on any atom is 0.0464 e. The second kappa shape index (κ2) is 8.99. The van der Waals surface area contributed by atoms with Crippen molar-refractivity contribution < 1.29 is 0 Å². The molecule has 108 valence electrons. The molecule has 0 aliphatic rings. The molecule has 0 amide bonds. The summed E-state index contributed by atoms with van der Waals surface area (Å²) in [5, 5.41) is 4.56. The molecule has 0 saturated carbocycles. The molecule has 19 heavy (non-hydrogen) atoms. The highest BCUT2D eigenvalue weighted by molar-refractivity contribution is 9.10. The van der Waals surface area contributed by atoms with Gasteiger partial charge in [-0.1, -0.05) is 66.7 Å². The second-order valence-electron chi connectivity index (χ2n) is 5.18. The van der Waals surface area contributed by atoms with Crippen LogP contribution in [0.3, 0.4) is 0 Å². The molecule has 1 nitrogen and oxygen atoms in total. The molecule has 0 aromatic heterocycles. The summed E-state index contributed by atoms with van der Waals surface area (Å²) in [6.07, 6.45) is 6.26. The topological polar surface area (TPSA) is 12.0 Å². The summed E-state index contributed by atoms with van der Waals surface area (Å²) in [7, 11) is 0. The van der Waals surface area contributed by atoms with Crippen LogP contribution in [0.1, 0.15) is 64.5 Å². The van der Waals surface area contributed by atoms with E-state index in [0.717, 1.165) is 9.50 Å². The number of rotatable bonds is 8. The summed E-state index contributed by atoms with van der Waals surface area (Å²) < 4.78 is 1.03. The van der Waals surface area contributed by atoms with Crippen LogP contribution in [0.2, 0.25) is 5.02 Å². The van der Waals surface area contributed by atoms with Crippen LogP contribution in [0.25, 0.3) is 0 Å². The predicted molar refractivity (Wildman–Crippen MR) is 88.9 cm³/mol. The summed E-state index contributed by atoms with van der Waals surface area (Å²) in [5.74, 6) is 0. The number of nitrogens with one attached hydrogen (secondary N) is 1. The van der Waals surface area contributed by atoms with E-state index in [-0.39, 0.29) is 0 Å². The fraction of sp³-hybridized carbons (Fsp3) is 0.625. The Morgan fingerprint density at radius 2 is 1.95 bits per heavy atom. The minimum atomic E-state index is 0.300. The third kappa shape index (κ3) is 5.85. The van der Waals surface area contributed by atoms with E-state index in [1.807, 2.05) is 6.07 Å². The fourth-order valence-corrected chi connectivity index (χ4v) is 3.24. The van der Waals surface area contributed by atoms with E-state index >= 15 is 0 Å². The molecule has 0 aliphatic carbocycles. The van der Waals surface area contributed by atoms with Crippen LogP contribution >= 0.6 is 27.5 Å². The third-order valence-corrected chi connectivity index (χ3v) is 4.28. The molecule has 0 saturated heterocycles. The van der Waals surface area contributed by atoms with Crippen molar-refractivity contribution in [2.75, 3.05) is 0 Å². The number of benzene rings is 1. The van der Waals surface area contributed by atoms with Crippen LogP contribution in [-0.4, -0.2) is 6.04 Å². The molecule has 0 radical (unpaired) electrons. The highest BCUT2D eigenvalue weighted by Gasteiger charge is 2.14. The molecule has 0 aliphatic heterocycles. The van der Waals surface area contributed by atoms with Crippen molar-refractivity contribution >= 4 is 27.5 Å². The van der Waals surface area contributed by atoms with Crippen molar-refractivity contribution in [3.05, 3.63) is 33.3 Å². The molecule has 1 aromatic rings. The summed E-state index contributed by atoms with van der Waals surface area (Å²) in [6.45, 7) is 6.69. The Labute approximate surface area is 131 Å². The fourth-order valence-electron chi connectivity index (χ4n) is 2.41. The smallest absolute Gasteiger partial charge is 0.0464 e. The van der Waals surface area contributed by atoms with Crippen molar-refractivity contribution in [2.24, 2.45) is 0 Å². The lowest BCUT2D eigenvalue weighted by molar-refractivity contribution is 0.396. The average Bonchev–Trinajstić information content (AvgIpc) is 2.36. The van der Waals surface area contributed by atoms with E-state index in [0.29, 0.717) is 12.1 Å². The number of halogens is 2. The second-order valence-corrected chi connectivity index (χ2v) is 6.50. The molecule has 0 spiro atoms. The lowest BCUT2D eigenvalue weighted by atomic mass is 10.0. The Balaban J connectivity index is 2.66. The Bertz CT molecular complexity index is 381. The van der Waals surface area contributed by atoms with E-state index in [2.05, 4.69) is 54.2 Å². The third-order valence-electron chi connectivity index (χ3n) is 3.46. The van der Waals surface area contributed by atoms with Crippen LogP contribution in [0.4, 0.5) is 0 Å². The van der Waals surface area contributed by atoms with Crippen molar-refractivity contribution in [3.8, 4) is 0 Å². The maximum atomic E-state index is 6.32. The average molecular weight is 347 g/mol. The zero-order valence-corrected chi connectivity index (χ0v) is 14.5. The molecule has 1 aromatic carbocycles. The molecule has 1 rings (SSSR count). The summed E-state index contributed by atoms with van der Waals surface area (Å²) >= 11 is 9.77. The first-order valence-corrected chi connectivity index (χ1v) is 8.46. The molecular weight excluding hydrogens is 322 g/mol. The lowest BCUT2D eigenvalue weighted by Crippen LogP contribution is -2.31. The van der Waals surface area contributed by atoms with Crippen molar-refractivity contribution in [2.45, 2.75) is 65.0 Å².